The highest BCUT2D eigenvalue weighted by Crippen LogP contribution is 2.23. The molecule has 0 radical (unpaired) electrons. The van der Waals surface area contributed by atoms with Crippen LogP contribution in [0.1, 0.15) is 0 Å². The molecule has 0 aromatic heterocycles. The van der Waals surface area contributed by atoms with Gasteiger partial charge in [0.15, 0.2) is 6.29 Å². The van der Waals surface area contributed by atoms with Gasteiger partial charge in [0.05, 0.1) is 0 Å². The number of alkyl halides is 2. The number of aliphatic hydroxyl groups excluding tert-OH is 4. The number of halogens is 2. The maximum atomic E-state index is 12.1. The quantitative estimate of drug-likeness (QED) is 0.395. The number of aliphatic hydroxyl groups is 4. The Labute approximate surface area is 72.2 Å². The van der Waals surface area contributed by atoms with Gasteiger partial charge < -0.3 is 25.2 Å². The molecule has 13 heavy (non-hydrogen) atoms. The topological polar surface area (TPSA) is 90.2 Å². The smallest absolute Gasteiger partial charge is 0.267 e. The molecule has 7 heteroatoms. The summed E-state index contributed by atoms with van der Waals surface area (Å²) >= 11 is 0. The average Bonchev–Trinajstić information content (AvgIpc) is 2.07. The molecule has 0 spiro atoms. The van der Waals surface area contributed by atoms with Gasteiger partial charge in [-0.1, -0.05) is 0 Å². The summed E-state index contributed by atoms with van der Waals surface area (Å²) in [5, 5.41) is 35.6. The van der Waals surface area contributed by atoms with Crippen molar-refractivity contribution < 1.29 is 33.9 Å². The molecule has 0 aliphatic carbocycles. The van der Waals surface area contributed by atoms with E-state index in [2.05, 4.69) is 4.74 Å². The van der Waals surface area contributed by atoms with Crippen LogP contribution in [0.15, 0.2) is 0 Å². The Morgan fingerprint density at radius 3 is 1.92 bits per heavy atom. The third-order valence-electron chi connectivity index (χ3n) is 1.87. The first-order valence-electron chi connectivity index (χ1n) is 3.61. The Morgan fingerprint density at radius 2 is 1.46 bits per heavy atom. The summed E-state index contributed by atoms with van der Waals surface area (Å²) in [6.07, 6.45) is -12.4. The fourth-order valence-electron chi connectivity index (χ4n) is 1.10. The molecule has 0 amide bonds. The average molecular weight is 200 g/mol. The van der Waals surface area contributed by atoms with Gasteiger partial charge >= 0.3 is 0 Å². The lowest BCUT2D eigenvalue weighted by atomic mass is 9.99. The van der Waals surface area contributed by atoms with E-state index in [1.807, 2.05) is 0 Å². The molecule has 1 aliphatic heterocycles. The normalized spacial score (nSPS) is 46.8. The fourth-order valence-corrected chi connectivity index (χ4v) is 1.10. The Hall–Kier alpha value is -0.340. The van der Waals surface area contributed by atoms with Crippen LogP contribution in [0.5, 0.6) is 0 Å². The van der Waals surface area contributed by atoms with Crippen LogP contribution in [-0.2, 0) is 4.74 Å². The van der Waals surface area contributed by atoms with Gasteiger partial charge in [-0.05, 0) is 0 Å². The van der Waals surface area contributed by atoms with E-state index in [1.54, 1.807) is 0 Å². The first kappa shape index (κ1) is 10.7. The second-order valence-electron chi connectivity index (χ2n) is 2.80. The van der Waals surface area contributed by atoms with E-state index in [0.29, 0.717) is 0 Å². The predicted octanol–water partition coefficient (Wildman–Crippen LogP) is -1.95. The van der Waals surface area contributed by atoms with Crippen molar-refractivity contribution in [3.8, 4) is 0 Å². The van der Waals surface area contributed by atoms with Gasteiger partial charge in [0.25, 0.3) is 6.43 Å². The second kappa shape index (κ2) is 3.81. The Morgan fingerprint density at radius 1 is 0.923 bits per heavy atom. The predicted molar refractivity (Wildman–Crippen MR) is 34.9 cm³/mol. The van der Waals surface area contributed by atoms with Crippen molar-refractivity contribution in [1.82, 2.24) is 0 Å². The first-order valence-corrected chi connectivity index (χ1v) is 3.61. The van der Waals surface area contributed by atoms with Gasteiger partial charge in [-0.15, -0.1) is 0 Å². The Kier molecular flexibility index (Phi) is 3.14. The van der Waals surface area contributed by atoms with E-state index >= 15 is 0 Å². The third-order valence-corrected chi connectivity index (χ3v) is 1.87. The molecule has 78 valence electrons. The molecule has 1 rings (SSSR count). The molecule has 0 saturated carbocycles. The summed E-state index contributed by atoms with van der Waals surface area (Å²) < 4.78 is 28.3. The summed E-state index contributed by atoms with van der Waals surface area (Å²) in [5.41, 5.74) is 0. The zero-order valence-corrected chi connectivity index (χ0v) is 6.42. The lowest BCUT2D eigenvalue weighted by molar-refractivity contribution is -0.300. The number of hydrogen-bond donors (Lipinski definition) is 4. The molecule has 0 aromatic rings. The molecule has 0 bridgehead atoms. The van der Waals surface area contributed by atoms with E-state index in [4.69, 9.17) is 20.4 Å². The van der Waals surface area contributed by atoms with Crippen LogP contribution in [0.2, 0.25) is 0 Å². The lowest BCUT2D eigenvalue weighted by Crippen LogP contribution is -2.59. The molecule has 0 aromatic carbocycles. The van der Waals surface area contributed by atoms with E-state index in [0.717, 1.165) is 0 Å². The summed E-state index contributed by atoms with van der Waals surface area (Å²) in [7, 11) is 0. The first-order chi connectivity index (χ1) is 5.95. The SMILES string of the molecule is OC1[C@@H](O)[C@@H](O)C(C(F)F)O[C@@H]1O. The molecular formula is C6H10F2O5. The minimum Gasteiger partial charge on any atom is -0.387 e. The maximum absolute atomic E-state index is 12.1. The molecular weight excluding hydrogens is 190 g/mol. The Bertz CT molecular complexity index is 178. The summed E-state index contributed by atoms with van der Waals surface area (Å²) in [4.78, 5) is 0. The van der Waals surface area contributed by atoms with E-state index in [-0.39, 0.29) is 0 Å². The molecule has 5 nitrogen and oxygen atoms in total. The fraction of sp³-hybridized carbons (Fsp3) is 1.00. The van der Waals surface area contributed by atoms with Crippen molar-refractivity contribution in [3.63, 3.8) is 0 Å². The van der Waals surface area contributed by atoms with Gasteiger partial charge in [0.2, 0.25) is 0 Å². The van der Waals surface area contributed by atoms with Crippen LogP contribution in [-0.4, -0.2) is 57.6 Å². The largest absolute Gasteiger partial charge is 0.387 e. The van der Waals surface area contributed by atoms with E-state index in [1.165, 1.54) is 0 Å². The highest BCUT2D eigenvalue weighted by Gasteiger charge is 2.46. The van der Waals surface area contributed by atoms with Gasteiger partial charge in [-0.3, -0.25) is 0 Å². The van der Waals surface area contributed by atoms with E-state index < -0.39 is 37.1 Å². The summed E-state index contributed by atoms with van der Waals surface area (Å²) in [6, 6.07) is 0. The van der Waals surface area contributed by atoms with Crippen LogP contribution in [0.4, 0.5) is 8.78 Å². The van der Waals surface area contributed by atoms with Gasteiger partial charge in [-0.2, -0.15) is 0 Å². The van der Waals surface area contributed by atoms with Crippen molar-refractivity contribution in [2.45, 2.75) is 37.1 Å². The lowest BCUT2D eigenvalue weighted by Gasteiger charge is -2.37. The standard InChI is InChI=1S/C6H10F2O5/c7-5(8)4-2(10)1(9)3(11)6(12)13-4/h1-6,9-12H/t1-,2+,3?,4?,6-/m0/s1. The van der Waals surface area contributed by atoms with Crippen molar-refractivity contribution >= 4 is 0 Å². The van der Waals surface area contributed by atoms with Crippen molar-refractivity contribution in [1.29, 1.82) is 0 Å². The van der Waals surface area contributed by atoms with Gasteiger partial charge in [-0.25, -0.2) is 8.78 Å². The highest BCUT2D eigenvalue weighted by atomic mass is 19.3. The third kappa shape index (κ3) is 1.94. The van der Waals surface area contributed by atoms with Gasteiger partial charge in [0, 0.05) is 0 Å². The molecule has 1 heterocycles. The number of hydrogen-bond acceptors (Lipinski definition) is 5. The van der Waals surface area contributed by atoms with Crippen LogP contribution in [0.25, 0.3) is 0 Å². The summed E-state index contributed by atoms with van der Waals surface area (Å²) in [6.45, 7) is 0. The number of rotatable bonds is 1. The number of ether oxygens (including phenoxy) is 1. The zero-order chi connectivity index (χ0) is 10.2. The minimum atomic E-state index is -3.04. The summed E-state index contributed by atoms with van der Waals surface area (Å²) in [5.74, 6) is 0. The minimum absolute atomic E-state index is 1.77. The van der Waals surface area contributed by atoms with E-state index in [9.17, 15) is 8.78 Å². The molecule has 5 atom stereocenters. The molecule has 2 unspecified atom stereocenters. The Balaban J connectivity index is 2.70. The van der Waals surface area contributed by atoms with Crippen molar-refractivity contribution in [2.24, 2.45) is 0 Å². The molecule has 4 N–H and O–H groups in total. The van der Waals surface area contributed by atoms with Crippen molar-refractivity contribution in [2.75, 3.05) is 0 Å². The van der Waals surface area contributed by atoms with Crippen LogP contribution in [0.3, 0.4) is 0 Å². The zero-order valence-electron chi connectivity index (χ0n) is 6.42. The van der Waals surface area contributed by atoms with Crippen LogP contribution < -0.4 is 0 Å². The highest BCUT2D eigenvalue weighted by molar-refractivity contribution is 4.89. The maximum Gasteiger partial charge on any atom is 0.267 e. The van der Waals surface area contributed by atoms with Crippen LogP contribution >= 0.6 is 0 Å². The van der Waals surface area contributed by atoms with Crippen LogP contribution in [0, 0.1) is 0 Å². The molecule has 1 aliphatic rings. The molecule has 1 fully saturated rings. The monoisotopic (exact) mass is 200 g/mol. The van der Waals surface area contributed by atoms with Gasteiger partial charge in [0.1, 0.15) is 24.4 Å². The molecule has 1 saturated heterocycles. The second-order valence-corrected chi connectivity index (χ2v) is 2.80. The van der Waals surface area contributed by atoms with Crippen molar-refractivity contribution in [3.05, 3.63) is 0 Å².